The molecule has 5 nitrogen and oxygen atoms in total. The van der Waals surface area contributed by atoms with Crippen LogP contribution in [0.25, 0.3) is 0 Å². The predicted octanol–water partition coefficient (Wildman–Crippen LogP) is 1.19. The lowest BCUT2D eigenvalue weighted by atomic mass is 10.0. The summed E-state index contributed by atoms with van der Waals surface area (Å²) in [5, 5.41) is 0. The zero-order chi connectivity index (χ0) is 13.5. The summed E-state index contributed by atoms with van der Waals surface area (Å²) in [5.41, 5.74) is 3.12. The van der Waals surface area contributed by atoms with Gasteiger partial charge in [-0.3, -0.25) is 10.2 Å². The number of hydrogen-bond donors (Lipinski definition) is 2. The lowest BCUT2D eigenvalue weighted by Crippen LogP contribution is -2.44. The van der Waals surface area contributed by atoms with Crippen molar-refractivity contribution in [1.82, 2.24) is 5.43 Å². The van der Waals surface area contributed by atoms with Crippen molar-refractivity contribution < 1.29 is 14.3 Å². The van der Waals surface area contributed by atoms with Crippen molar-refractivity contribution in [2.24, 2.45) is 5.84 Å². The van der Waals surface area contributed by atoms with Crippen LogP contribution in [0.15, 0.2) is 24.3 Å². The molecular formula is C13H20N2O3. The molecule has 1 rings (SSSR count). The van der Waals surface area contributed by atoms with E-state index in [2.05, 4.69) is 19.3 Å². The molecule has 1 unspecified atom stereocenters. The summed E-state index contributed by atoms with van der Waals surface area (Å²) in [5.74, 6) is 5.70. The highest BCUT2D eigenvalue weighted by Crippen LogP contribution is 2.26. The third kappa shape index (κ3) is 3.72. The summed E-state index contributed by atoms with van der Waals surface area (Å²) in [6.07, 6.45) is -0.750. The first-order chi connectivity index (χ1) is 8.60. The lowest BCUT2D eigenvalue weighted by Gasteiger charge is -2.20. The Morgan fingerprint density at radius 3 is 2.61 bits per heavy atom. The normalized spacial score (nSPS) is 12.3. The van der Waals surface area contributed by atoms with Crippen LogP contribution in [0, 0.1) is 0 Å². The molecule has 0 aliphatic rings. The number of methoxy groups -OCH3 is 1. The molecule has 0 aliphatic heterocycles. The first kappa shape index (κ1) is 14.5. The maximum Gasteiger partial charge on any atom is 0.277 e. The van der Waals surface area contributed by atoms with Gasteiger partial charge in [-0.25, -0.2) is 5.84 Å². The van der Waals surface area contributed by atoms with E-state index in [9.17, 15) is 4.79 Å². The number of para-hydroxylation sites is 1. The largest absolute Gasteiger partial charge is 0.478 e. The molecule has 3 N–H and O–H groups in total. The second-order valence-corrected chi connectivity index (χ2v) is 4.26. The van der Waals surface area contributed by atoms with E-state index in [4.69, 9.17) is 15.3 Å². The first-order valence-corrected chi connectivity index (χ1v) is 5.85. The van der Waals surface area contributed by atoms with Crippen molar-refractivity contribution in [3.8, 4) is 5.75 Å². The molecule has 0 aromatic heterocycles. The van der Waals surface area contributed by atoms with Gasteiger partial charge in [-0.15, -0.1) is 0 Å². The van der Waals surface area contributed by atoms with E-state index in [1.165, 1.54) is 7.11 Å². The minimum atomic E-state index is -0.750. The summed E-state index contributed by atoms with van der Waals surface area (Å²) < 4.78 is 10.6. The minimum Gasteiger partial charge on any atom is -0.478 e. The van der Waals surface area contributed by atoms with Crippen LogP contribution in [0.1, 0.15) is 25.3 Å². The smallest absolute Gasteiger partial charge is 0.277 e. The summed E-state index contributed by atoms with van der Waals surface area (Å²) in [4.78, 5) is 11.5. The average molecular weight is 252 g/mol. The number of amides is 1. The zero-order valence-electron chi connectivity index (χ0n) is 11.0. The number of ether oxygens (including phenoxy) is 2. The quantitative estimate of drug-likeness (QED) is 0.453. The van der Waals surface area contributed by atoms with Crippen molar-refractivity contribution in [1.29, 1.82) is 0 Å². The van der Waals surface area contributed by atoms with Gasteiger partial charge in [0.2, 0.25) is 6.10 Å². The lowest BCUT2D eigenvalue weighted by molar-refractivity contribution is -0.130. The topological polar surface area (TPSA) is 73.6 Å². The molecule has 100 valence electrons. The molecular weight excluding hydrogens is 232 g/mol. The van der Waals surface area contributed by atoms with Gasteiger partial charge in [0, 0.05) is 7.11 Å². The maximum absolute atomic E-state index is 11.5. The van der Waals surface area contributed by atoms with E-state index in [1.807, 2.05) is 24.3 Å². The monoisotopic (exact) mass is 252 g/mol. The minimum absolute atomic E-state index is 0.148. The number of nitrogens with one attached hydrogen (secondary N) is 1. The number of carbonyl (C=O) groups is 1. The fourth-order valence-electron chi connectivity index (χ4n) is 1.63. The average Bonchev–Trinajstić information content (AvgIpc) is 2.37. The van der Waals surface area contributed by atoms with Crippen LogP contribution >= 0.6 is 0 Å². The van der Waals surface area contributed by atoms with Crippen molar-refractivity contribution in [2.75, 3.05) is 13.7 Å². The fourth-order valence-corrected chi connectivity index (χ4v) is 1.63. The van der Waals surface area contributed by atoms with Gasteiger partial charge in [0.15, 0.2) is 0 Å². The standard InChI is InChI=1S/C13H20N2O3/c1-9(2)10-6-4-5-7-11(10)18-12(8-17-3)13(16)15-14/h4-7,9,12H,8,14H2,1-3H3,(H,15,16). The second-order valence-electron chi connectivity index (χ2n) is 4.26. The number of hydrazine groups is 1. The highest BCUT2D eigenvalue weighted by atomic mass is 16.5. The highest BCUT2D eigenvalue weighted by Gasteiger charge is 2.21. The van der Waals surface area contributed by atoms with Gasteiger partial charge in [0.1, 0.15) is 5.75 Å². The molecule has 0 saturated carbocycles. The van der Waals surface area contributed by atoms with Gasteiger partial charge in [0.05, 0.1) is 6.61 Å². The zero-order valence-corrected chi connectivity index (χ0v) is 11.0. The molecule has 0 spiro atoms. The molecule has 1 amide bonds. The fraction of sp³-hybridized carbons (Fsp3) is 0.462. The van der Waals surface area contributed by atoms with Crippen LogP contribution in [0.3, 0.4) is 0 Å². The Bertz CT molecular complexity index is 394. The van der Waals surface area contributed by atoms with E-state index in [0.717, 1.165) is 5.56 Å². The number of nitrogens with two attached hydrogens (primary N) is 1. The van der Waals surface area contributed by atoms with Crippen molar-refractivity contribution >= 4 is 5.91 Å². The van der Waals surface area contributed by atoms with Crippen LogP contribution in [-0.4, -0.2) is 25.7 Å². The van der Waals surface area contributed by atoms with E-state index in [0.29, 0.717) is 11.7 Å². The molecule has 1 aromatic carbocycles. The predicted molar refractivity (Wildman–Crippen MR) is 69.2 cm³/mol. The number of carbonyl (C=O) groups excluding carboxylic acids is 1. The van der Waals surface area contributed by atoms with E-state index >= 15 is 0 Å². The van der Waals surface area contributed by atoms with Crippen LogP contribution < -0.4 is 16.0 Å². The van der Waals surface area contributed by atoms with Gasteiger partial charge in [-0.05, 0) is 17.5 Å². The Labute approximate surface area is 107 Å². The van der Waals surface area contributed by atoms with Crippen molar-refractivity contribution in [3.63, 3.8) is 0 Å². The Hall–Kier alpha value is -1.59. The number of hydrogen-bond acceptors (Lipinski definition) is 4. The number of benzene rings is 1. The summed E-state index contributed by atoms with van der Waals surface area (Å²) in [6, 6.07) is 7.62. The molecule has 1 atom stereocenters. The summed E-state index contributed by atoms with van der Waals surface area (Å²) in [6.45, 7) is 4.28. The van der Waals surface area contributed by atoms with E-state index in [-0.39, 0.29) is 6.61 Å². The molecule has 0 fully saturated rings. The van der Waals surface area contributed by atoms with Crippen LogP contribution in [0.5, 0.6) is 5.75 Å². The van der Waals surface area contributed by atoms with Gasteiger partial charge in [-0.1, -0.05) is 32.0 Å². The van der Waals surface area contributed by atoms with Crippen LogP contribution in [-0.2, 0) is 9.53 Å². The Balaban J connectivity index is 2.89. The number of rotatable bonds is 6. The third-order valence-electron chi connectivity index (χ3n) is 2.56. The highest BCUT2D eigenvalue weighted by molar-refractivity contribution is 5.80. The molecule has 18 heavy (non-hydrogen) atoms. The molecule has 0 bridgehead atoms. The Morgan fingerprint density at radius 1 is 1.39 bits per heavy atom. The van der Waals surface area contributed by atoms with Gasteiger partial charge < -0.3 is 9.47 Å². The molecule has 0 saturated heterocycles. The van der Waals surface area contributed by atoms with Crippen LogP contribution in [0.2, 0.25) is 0 Å². The first-order valence-electron chi connectivity index (χ1n) is 5.85. The van der Waals surface area contributed by atoms with Crippen LogP contribution in [0.4, 0.5) is 0 Å². The second kappa shape index (κ2) is 6.98. The Morgan fingerprint density at radius 2 is 2.06 bits per heavy atom. The maximum atomic E-state index is 11.5. The Kier molecular flexibility index (Phi) is 5.61. The van der Waals surface area contributed by atoms with Crippen molar-refractivity contribution in [2.45, 2.75) is 25.9 Å². The summed E-state index contributed by atoms with van der Waals surface area (Å²) >= 11 is 0. The summed E-state index contributed by atoms with van der Waals surface area (Å²) in [7, 11) is 1.51. The van der Waals surface area contributed by atoms with Crippen molar-refractivity contribution in [3.05, 3.63) is 29.8 Å². The molecule has 1 aromatic rings. The molecule has 5 heteroatoms. The molecule has 0 aliphatic carbocycles. The molecule has 0 heterocycles. The van der Waals surface area contributed by atoms with Gasteiger partial charge in [-0.2, -0.15) is 0 Å². The van der Waals surface area contributed by atoms with Gasteiger partial charge in [0.25, 0.3) is 5.91 Å². The van der Waals surface area contributed by atoms with E-state index in [1.54, 1.807) is 0 Å². The SMILES string of the molecule is COCC(Oc1ccccc1C(C)C)C(=O)NN. The van der Waals surface area contributed by atoms with Gasteiger partial charge >= 0.3 is 0 Å². The van der Waals surface area contributed by atoms with E-state index < -0.39 is 12.0 Å². The third-order valence-corrected chi connectivity index (χ3v) is 2.56. The molecule has 0 radical (unpaired) electrons.